The molecule has 0 aliphatic carbocycles. The Morgan fingerprint density at radius 3 is 2.60 bits per heavy atom. The lowest BCUT2D eigenvalue weighted by molar-refractivity contribution is 0.0800. The van der Waals surface area contributed by atoms with E-state index in [9.17, 15) is 8.42 Å². The van der Waals surface area contributed by atoms with Crippen molar-refractivity contribution in [1.29, 1.82) is 0 Å². The zero-order valence-electron chi connectivity index (χ0n) is 12.5. The Morgan fingerprint density at radius 2 is 2.00 bits per heavy atom. The van der Waals surface area contributed by atoms with Gasteiger partial charge in [0.15, 0.2) is 0 Å². The Hall–Kier alpha value is -0.470. The van der Waals surface area contributed by atoms with E-state index in [-0.39, 0.29) is 12.6 Å². The molecule has 1 heterocycles. The van der Waals surface area contributed by atoms with Gasteiger partial charge in [0, 0.05) is 30.6 Å². The van der Waals surface area contributed by atoms with Gasteiger partial charge in [-0.1, -0.05) is 13.8 Å². The van der Waals surface area contributed by atoms with Gasteiger partial charge in [-0.3, -0.25) is 0 Å². The molecule has 0 fully saturated rings. The number of hydrogen-bond acceptors (Lipinski definition) is 5. The minimum absolute atomic E-state index is 0.128. The van der Waals surface area contributed by atoms with Gasteiger partial charge in [0.25, 0.3) is 0 Å². The van der Waals surface area contributed by atoms with Crippen LogP contribution in [-0.2, 0) is 21.3 Å². The Labute approximate surface area is 125 Å². The molecule has 7 heteroatoms. The quantitative estimate of drug-likeness (QED) is 0.730. The molecule has 1 atom stereocenters. The lowest BCUT2D eigenvalue weighted by Gasteiger charge is -2.12. The predicted molar refractivity (Wildman–Crippen MR) is 82.6 cm³/mol. The first-order valence-electron chi connectivity index (χ1n) is 6.78. The van der Waals surface area contributed by atoms with Gasteiger partial charge in [-0.25, -0.2) is 13.1 Å². The van der Waals surface area contributed by atoms with Crippen LogP contribution in [0.5, 0.6) is 0 Å². The third-order valence-electron chi connectivity index (χ3n) is 2.60. The first-order chi connectivity index (χ1) is 9.35. The van der Waals surface area contributed by atoms with Crippen molar-refractivity contribution in [1.82, 2.24) is 10.0 Å². The van der Waals surface area contributed by atoms with Crippen molar-refractivity contribution < 1.29 is 13.2 Å². The van der Waals surface area contributed by atoms with Crippen LogP contribution in [0.3, 0.4) is 0 Å². The summed E-state index contributed by atoms with van der Waals surface area (Å²) in [6.07, 6.45) is -0.128. The first kappa shape index (κ1) is 17.6. The van der Waals surface area contributed by atoms with Crippen molar-refractivity contribution >= 4 is 21.4 Å². The first-order valence-corrected chi connectivity index (χ1v) is 9.08. The monoisotopic (exact) mass is 320 g/mol. The molecule has 0 amide bonds. The number of hydrogen-bond donors (Lipinski definition) is 2. The summed E-state index contributed by atoms with van der Waals surface area (Å²) in [5, 5.41) is 3.27. The van der Waals surface area contributed by atoms with E-state index in [1.54, 1.807) is 6.07 Å². The maximum Gasteiger partial charge on any atom is 0.250 e. The van der Waals surface area contributed by atoms with Crippen LogP contribution in [0.15, 0.2) is 16.3 Å². The Balaban J connectivity index is 2.59. The van der Waals surface area contributed by atoms with Crippen molar-refractivity contribution in [3.8, 4) is 0 Å². The molecule has 0 spiro atoms. The van der Waals surface area contributed by atoms with E-state index in [1.165, 1.54) is 11.3 Å². The summed E-state index contributed by atoms with van der Waals surface area (Å²) in [6.45, 7) is 9.40. The summed E-state index contributed by atoms with van der Waals surface area (Å²) >= 11 is 1.29. The molecule has 0 radical (unpaired) electrons. The van der Waals surface area contributed by atoms with Crippen LogP contribution >= 0.6 is 11.3 Å². The van der Waals surface area contributed by atoms with E-state index in [0.717, 1.165) is 4.88 Å². The van der Waals surface area contributed by atoms with Crippen molar-refractivity contribution in [3.63, 3.8) is 0 Å². The topological polar surface area (TPSA) is 67.4 Å². The van der Waals surface area contributed by atoms with Crippen molar-refractivity contribution in [2.24, 2.45) is 0 Å². The van der Waals surface area contributed by atoms with Gasteiger partial charge in [-0.05, 0) is 26.0 Å². The smallest absolute Gasteiger partial charge is 0.250 e. The minimum Gasteiger partial charge on any atom is -0.377 e. The van der Waals surface area contributed by atoms with Crippen LogP contribution in [0.2, 0.25) is 0 Å². The highest BCUT2D eigenvalue weighted by atomic mass is 32.2. The fourth-order valence-corrected chi connectivity index (χ4v) is 4.01. The highest BCUT2D eigenvalue weighted by Crippen LogP contribution is 2.21. The van der Waals surface area contributed by atoms with Gasteiger partial charge >= 0.3 is 0 Å². The fourth-order valence-electron chi connectivity index (χ4n) is 1.54. The van der Waals surface area contributed by atoms with Crippen molar-refractivity contribution in [2.75, 3.05) is 13.2 Å². The average Bonchev–Trinajstić information content (AvgIpc) is 2.84. The van der Waals surface area contributed by atoms with Gasteiger partial charge in [-0.2, -0.15) is 0 Å². The molecule has 1 aromatic rings. The number of nitrogens with one attached hydrogen (secondary N) is 2. The summed E-state index contributed by atoms with van der Waals surface area (Å²) in [4.78, 5) is 1.01. The highest BCUT2D eigenvalue weighted by molar-refractivity contribution is 7.91. The van der Waals surface area contributed by atoms with Gasteiger partial charge in [0.1, 0.15) is 4.21 Å². The molecule has 5 nitrogen and oxygen atoms in total. The Kier molecular flexibility index (Phi) is 7.11. The zero-order valence-corrected chi connectivity index (χ0v) is 14.1. The van der Waals surface area contributed by atoms with Crippen molar-refractivity contribution in [2.45, 2.75) is 50.6 Å². The molecule has 0 saturated heterocycles. The molecule has 0 aliphatic heterocycles. The molecule has 0 aromatic carbocycles. The van der Waals surface area contributed by atoms with Gasteiger partial charge in [0.05, 0.1) is 6.10 Å². The second-order valence-corrected chi connectivity index (χ2v) is 8.04. The molecule has 1 unspecified atom stereocenters. The van der Waals surface area contributed by atoms with E-state index in [0.29, 0.717) is 23.4 Å². The van der Waals surface area contributed by atoms with Crippen LogP contribution < -0.4 is 10.0 Å². The zero-order chi connectivity index (χ0) is 15.2. The molecular formula is C13H24N2O3S2. The summed E-state index contributed by atoms with van der Waals surface area (Å²) < 4.78 is 32.5. The molecule has 0 aliphatic rings. The third kappa shape index (κ3) is 5.88. The molecular weight excluding hydrogens is 296 g/mol. The molecule has 2 N–H and O–H groups in total. The summed E-state index contributed by atoms with van der Waals surface area (Å²) in [6, 6.07) is 3.87. The molecule has 20 heavy (non-hydrogen) atoms. The molecule has 116 valence electrons. The Bertz CT molecular complexity index is 497. The SMILES string of the molecule is CCOC(C)CNS(=O)(=O)c1ccc(CNC(C)C)s1. The fraction of sp³-hybridized carbons (Fsp3) is 0.692. The minimum atomic E-state index is -3.43. The number of thiophene rings is 1. The summed E-state index contributed by atoms with van der Waals surface area (Å²) in [7, 11) is -3.43. The maximum absolute atomic E-state index is 12.1. The van der Waals surface area contributed by atoms with Crippen LogP contribution in [0.25, 0.3) is 0 Å². The lowest BCUT2D eigenvalue weighted by Crippen LogP contribution is -2.31. The average molecular weight is 320 g/mol. The molecule has 0 saturated carbocycles. The summed E-state index contributed by atoms with van der Waals surface area (Å²) in [5.41, 5.74) is 0. The maximum atomic E-state index is 12.1. The Morgan fingerprint density at radius 1 is 1.30 bits per heavy atom. The van der Waals surface area contributed by atoms with Crippen LogP contribution in [0, 0.1) is 0 Å². The van der Waals surface area contributed by atoms with E-state index < -0.39 is 10.0 Å². The molecule has 1 aromatic heterocycles. The number of rotatable bonds is 9. The van der Waals surface area contributed by atoms with E-state index >= 15 is 0 Å². The van der Waals surface area contributed by atoms with E-state index in [1.807, 2.05) is 19.9 Å². The summed E-state index contributed by atoms with van der Waals surface area (Å²) in [5.74, 6) is 0. The molecule has 1 rings (SSSR count). The lowest BCUT2D eigenvalue weighted by atomic mass is 10.4. The van der Waals surface area contributed by atoms with Gasteiger partial charge in [0.2, 0.25) is 10.0 Å². The second kappa shape index (κ2) is 8.09. The van der Waals surface area contributed by atoms with Crippen LogP contribution in [-0.4, -0.2) is 33.7 Å². The highest BCUT2D eigenvalue weighted by Gasteiger charge is 2.17. The van der Waals surface area contributed by atoms with Crippen LogP contribution in [0.4, 0.5) is 0 Å². The predicted octanol–water partition coefficient (Wildman–Crippen LogP) is 1.95. The van der Waals surface area contributed by atoms with Gasteiger partial charge in [-0.15, -0.1) is 11.3 Å². The van der Waals surface area contributed by atoms with Crippen molar-refractivity contribution in [3.05, 3.63) is 17.0 Å². The van der Waals surface area contributed by atoms with E-state index in [4.69, 9.17) is 4.74 Å². The van der Waals surface area contributed by atoms with Crippen LogP contribution in [0.1, 0.15) is 32.6 Å². The largest absolute Gasteiger partial charge is 0.377 e. The second-order valence-electron chi connectivity index (χ2n) is 4.87. The van der Waals surface area contributed by atoms with Gasteiger partial charge < -0.3 is 10.1 Å². The standard InChI is InChI=1S/C13H24N2O3S2/c1-5-18-11(4)8-15-20(16,17)13-7-6-12(19-13)9-14-10(2)3/h6-7,10-11,14-15H,5,8-9H2,1-4H3. The number of ether oxygens (including phenoxy) is 1. The third-order valence-corrected chi connectivity index (χ3v) is 5.60. The number of sulfonamides is 1. The normalized spacial score (nSPS) is 13.8. The molecule has 0 bridgehead atoms. The van der Waals surface area contributed by atoms with E-state index in [2.05, 4.69) is 23.9 Å².